The van der Waals surface area contributed by atoms with Crippen molar-refractivity contribution in [2.45, 2.75) is 162 Å². The molecule has 2 nitrogen and oxygen atoms in total. The van der Waals surface area contributed by atoms with Crippen LogP contribution in [-0.2, 0) is 9.22 Å². The second-order valence-electron chi connectivity index (χ2n) is 19.4. The molecule has 7 aliphatic carbocycles. The zero-order valence-electron chi connectivity index (χ0n) is 30.9. The molecule has 0 saturated heterocycles. The Morgan fingerprint density at radius 3 is 2.35 bits per heavy atom. The van der Waals surface area contributed by atoms with Crippen LogP contribution in [0, 0.1) is 64.1 Å². The Bertz CT molecular complexity index is 1280. The summed E-state index contributed by atoms with van der Waals surface area (Å²) in [6.07, 6.45) is 23.6. The molecule has 0 amide bonds. The van der Waals surface area contributed by atoms with Crippen LogP contribution < -0.4 is 0 Å². The number of Topliss-reactive ketones (excluding diaryl/α,β-unsaturated/α-hetero) is 1. The highest BCUT2D eigenvalue weighted by atomic mass is 28.4. The number of rotatable bonds is 7. The summed E-state index contributed by atoms with van der Waals surface area (Å²) in [5, 5.41) is 0.206. The minimum Gasteiger partial charge on any atom is -0.410 e. The van der Waals surface area contributed by atoms with Crippen LogP contribution in [0.2, 0.25) is 18.1 Å². The largest absolute Gasteiger partial charge is 0.410 e. The lowest BCUT2D eigenvalue weighted by Gasteiger charge is -2.56. The van der Waals surface area contributed by atoms with Crippen molar-refractivity contribution in [2.75, 3.05) is 0 Å². The summed E-state index contributed by atoms with van der Waals surface area (Å²) in [4.78, 5) is 13.1. The second-order valence-corrected chi connectivity index (χ2v) is 24.2. The molecule has 6 atom stereocenters. The molecule has 7 fully saturated rings. The van der Waals surface area contributed by atoms with Gasteiger partial charge in [-0.2, -0.15) is 0 Å². The van der Waals surface area contributed by atoms with E-state index in [1.165, 1.54) is 76.2 Å². The van der Waals surface area contributed by atoms with Gasteiger partial charge in [-0.05, 0) is 165 Å². The molecule has 3 heteroatoms. The van der Waals surface area contributed by atoms with E-state index in [0.717, 1.165) is 43.4 Å². The fourth-order valence-corrected chi connectivity index (χ4v) is 13.2. The predicted octanol–water partition coefficient (Wildman–Crippen LogP) is 11.6. The second kappa shape index (κ2) is 12.8. The summed E-state index contributed by atoms with van der Waals surface area (Å²) in [6, 6.07) is 0. The average Bonchev–Trinajstić information content (AvgIpc) is 3.30. The Labute approximate surface area is 284 Å². The maximum Gasteiger partial charge on any atom is 0.206 e. The van der Waals surface area contributed by atoms with Gasteiger partial charge in [0.05, 0.1) is 6.10 Å². The van der Waals surface area contributed by atoms with Gasteiger partial charge in [0.1, 0.15) is 0 Å². The zero-order chi connectivity index (χ0) is 33.1. The molecule has 1 unspecified atom stereocenters. The normalized spacial score (nSPS) is 41.4. The van der Waals surface area contributed by atoms with Gasteiger partial charge in [-0.1, -0.05) is 77.3 Å². The van der Waals surface area contributed by atoms with E-state index in [4.69, 9.17) is 4.43 Å². The predicted molar refractivity (Wildman–Crippen MR) is 196 cm³/mol. The summed E-state index contributed by atoms with van der Waals surface area (Å²) in [7, 11) is -1.86. The quantitative estimate of drug-likeness (QED) is 0.120. The molecular weight excluding hydrogens is 577 g/mol. The number of hydrogen-bond acceptors (Lipinski definition) is 2. The van der Waals surface area contributed by atoms with Gasteiger partial charge in [0.25, 0.3) is 0 Å². The first-order valence-electron chi connectivity index (χ1n) is 19.3. The molecule has 0 aliphatic heterocycles. The lowest BCUT2D eigenvalue weighted by Crippen LogP contribution is -2.46. The highest BCUT2D eigenvalue weighted by molar-refractivity contribution is 6.74. The van der Waals surface area contributed by atoms with Crippen molar-refractivity contribution in [1.29, 1.82) is 0 Å². The van der Waals surface area contributed by atoms with Crippen molar-refractivity contribution in [3.8, 4) is 11.8 Å². The maximum atomic E-state index is 13.1. The third kappa shape index (κ3) is 6.88. The van der Waals surface area contributed by atoms with Gasteiger partial charge >= 0.3 is 0 Å². The van der Waals surface area contributed by atoms with Crippen molar-refractivity contribution in [3.05, 3.63) is 35.5 Å². The monoisotopic (exact) mass is 642 g/mol. The summed E-state index contributed by atoms with van der Waals surface area (Å²) in [5.74, 6) is 11.9. The van der Waals surface area contributed by atoms with Gasteiger partial charge in [0.2, 0.25) is 5.78 Å². The smallest absolute Gasteiger partial charge is 0.206 e. The molecule has 0 heterocycles. The highest BCUT2D eigenvalue weighted by Crippen LogP contribution is 2.62. The van der Waals surface area contributed by atoms with Crippen LogP contribution in [0.25, 0.3) is 0 Å². The number of carbonyl (C=O) groups is 1. The van der Waals surface area contributed by atoms with Crippen LogP contribution in [0.5, 0.6) is 0 Å². The molecule has 46 heavy (non-hydrogen) atoms. The van der Waals surface area contributed by atoms with Crippen LogP contribution in [-0.4, -0.2) is 20.2 Å². The van der Waals surface area contributed by atoms with Crippen LogP contribution in [0.4, 0.5) is 0 Å². The molecule has 0 N–H and O–H groups in total. The van der Waals surface area contributed by atoms with E-state index in [1.807, 2.05) is 0 Å². The fourth-order valence-electron chi connectivity index (χ4n) is 11.9. The van der Waals surface area contributed by atoms with Crippen molar-refractivity contribution < 1.29 is 9.22 Å². The molecule has 254 valence electrons. The van der Waals surface area contributed by atoms with Crippen LogP contribution in [0.1, 0.15) is 138 Å². The van der Waals surface area contributed by atoms with Gasteiger partial charge in [0.15, 0.2) is 8.32 Å². The Balaban J connectivity index is 1.07. The lowest BCUT2D eigenvalue weighted by molar-refractivity contribution is -0.122. The van der Waals surface area contributed by atoms with Crippen LogP contribution >= 0.6 is 0 Å². The summed E-state index contributed by atoms with van der Waals surface area (Å²) < 4.78 is 6.93. The number of carbonyl (C=O) groups excluding carboxylic acids is 1. The van der Waals surface area contributed by atoms with Crippen molar-refractivity contribution in [3.63, 3.8) is 0 Å². The molecule has 4 bridgehead atoms. The standard InChI is InChI=1S/C43H66O2Si/c1-29(12-10-14-37(44)28-43-25-33-21-34(26-43)23-35(22-33)27-43)38-17-18-39-36(13-11-19-42(38,39)7)16-15-32-20-30(2)31(3)40(24-32)45-46(8,9)41(4,5)6/h15-16,29-30,33-35,38-40H,3,11-13,17-28H2,1-2,4-9H3/b32-15-,36-16+/t29-,30-,33?,34?,35?,38-,39?,40-,42-,43?/m1/s1. The molecule has 0 aromatic heterocycles. The van der Waals surface area contributed by atoms with Gasteiger partial charge in [-0.15, -0.1) is 0 Å². The van der Waals surface area contributed by atoms with E-state index in [1.54, 1.807) is 11.1 Å². The van der Waals surface area contributed by atoms with Crippen LogP contribution in [0.15, 0.2) is 35.5 Å². The van der Waals surface area contributed by atoms with E-state index < -0.39 is 8.32 Å². The van der Waals surface area contributed by atoms with E-state index in [-0.39, 0.29) is 16.9 Å². The molecule has 7 saturated carbocycles. The molecule has 7 aliphatic rings. The first-order valence-corrected chi connectivity index (χ1v) is 22.2. The molecule has 0 radical (unpaired) electrons. The fraction of sp³-hybridized carbons (Fsp3) is 0.791. The zero-order valence-corrected chi connectivity index (χ0v) is 31.9. The SMILES string of the molecule is C=C1[C@H](C)C/C(=C/C=C2\CCC[C@@]3(C)C2CC[C@@H]3[C@H](C)CC#CC(=O)CC23CC4CC(CC(C4)C2)C3)C[C@H]1O[Si](C)(C)C(C)(C)C. The van der Waals surface area contributed by atoms with E-state index in [9.17, 15) is 4.79 Å². The third-order valence-corrected chi connectivity index (χ3v) is 19.4. The molecule has 0 spiro atoms. The Hall–Kier alpha value is -1.37. The average molecular weight is 643 g/mol. The summed E-state index contributed by atoms with van der Waals surface area (Å²) in [5.41, 5.74) is 5.19. The topological polar surface area (TPSA) is 26.3 Å². The van der Waals surface area contributed by atoms with Crippen molar-refractivity contribution >= 4 is 14.1 Å². The molecular formula is C43H66O2Si. The van der Waals surface area contributed by atoms with Crippen molar-refractivity contribution in [2.24, 2.45) is 52.3 Å². The minimum atomic E-state index is -1.86. The summed E-state index contributed by atoms with van der Waals surface area (Å²) in [6.45, 7) is 23.6. The number of hydrogen-bond donors (Lipinski definition) is 0. The van der Waals surface area contributed by atoms with E-state index >= 15 is 0 Å². The number of fused-ring (bicyclic) bond motifs is 1. The Kier molecular flexibility index (Phi) is 9.61. The van der Waals surface area contributed by atoms with Crippen LogP contribution in [0.3, 0.4) is 0 Å². The van der Waals surface area contributed by atoms with Gasteiger partial charge < -0.3 is 4.43 Å². The highest BCUT2D eigenvalue weighted by Gasteiger charge is 2.52. The third-order valence-electron chi connectivity index (χ3n) is 14.9. The minimum absolute atomic E-state index is 0.156. The van der Waals surface area contributed by atoms with Crippen molar-refractivity contribution in [1.82, 2.24) is 0 Å². The molecule has 0 aromatic carbocycles. The van der Waals surface area contributed by atoms with E-state index in [2.05, 4.69) is 85.2 Å². The molecule has 0 aromatic rings. The van der Waals surface area contributed by atoms with Gasteiger partial charge in [0, 0.05) is 12.8 Å². The number of ketones is 1. The first-order chi connectivity index (χ1) is 21.6. The lowest BCUT2D eigenvalue weighted by atomic mass is 9.48. The molecule has 7 rings (SSSR count). The summed E-state index contributed by atoms with van der Waals surface area (Å²) >= 11 is 0. The Morgan fingerprint density at radius 2 is 1.72 bits per heavy atom. The van der Waals surface area contributed by atoms with E-state index in [0.29, 0.717) is 34.5 Å². The maximum absolute atomic E-state index is 13.1. The number of allylic oxidation sites excluding steroid dienone is 3. The van der Waals surface area contributed by atoms with Gasteiger partial charge in [-0.3, -0.25) is 4.79 Å². The Morgan fingerprint density at radius 1 is 1.07 bits per heavy atom. The first kappa shape index (κ1) is 34.5. The van der Waals surface area contributed by atoms with Gasteiger partial charge in [-0.25, -0.2) is 0 Å².